The third-order valence-electron chi connectivity index (χ3n) is 6.39. The normalized spacial score (nSPS) is 15.8. The summed E-state index contributed by atoms with van der Waals surface area (Å²) in [7, 11) is 0. The molecular weight excluding hydrogens is 416 g/mol. The van der Waals surface area contributed by atoms with Crippen LogP contribution in [0, 0.1) is 13.8 Å². The van der Waals surface area contributed by atoms with Gasteiger partial charge in [-0.25, -0.2) is 4.68 Å². The first kappa shape index (κ1) is 20.8. The number of piperazine rings is 1. The van der Waals surface area contributed by atoms with Crippen LogP contribution in [0.2, 0.25) is 0 Å². The molecule has 0 saturated carbocycles. The molecule has 7 heteroatoms. The summed E-state index contributed by atoms with van der Waals surface area (Å²) in [5.74, 6) is 0.913. The van der Waals surface area contributed by atoms with Gasteiger partial charge in [-0.3, -0.25) is 4.90 Å². The van der Waals surface area contributed by atoms with Crippen LogP contribution in [0.5, 0.6) is 0 Å². The predicted octanol–water partition coefficient (Wildman–Crippen LogP) is 4.31. The van der Waals surface area contributed by atoms with E-state index < -0.39 is 0 Å². The third-order valence-corrected chi connectivity index (χ3v) is 7.31. The molecule has 0 unspecified atom stereocenters. The Hall–Kier alpha value is -3.03. The third kappa shape index (κ3) is 4.18. The summed E-state index contributed by atoms with van der Waals surface area (Å²) >= 11 is 1.78. The topological polar surface area (TPSA) is 50.1 Å². The van der Waals surface area contributed by atoms with Crippen molar-refractivity contribution >= 4 is 17.0 Å². The highest BCUT2D eigenvalue weighted by Gasteiger charge is 2.31. The molecule has 1 aliphatic heterocycles. The van der Waals surface area contributed by atoms with Crippen molar-refractivity contribution in [3.05, 3.63) is 93.4 Å². The number of thiophene rings is 1. The second-order valence-electron chi connectivity index (χ2n) is 8.34. The molecule has 1 fully saturated rings. The minimum atomic E-state index is 0.0643. The number of benzene rings is 2. The molecule has 0 bridgehead atoms. The number of aryl methyl sites for hydroxylation is 1. The quantitative estimate of drug-likeness (QED) is 0.444. The smallest absolute Gasteiger partial charge is 0.174 e. The molecule has 0 N–H and O–H groups in total. The summed E-state index contributed by atoms with van der Waals surface area (Å²) in [6.45, 7) is 9.01. The van der Waals surface area contributed by atoms with E-state index in [2.05, 4.69) is 99.2 Å². The second kappa shape index (κ2) is 9.22. The molecule has 164 valence electrons. The van der Waals surface area contributed by atoms with E-state index in [9.17, 15) is 0 Å². The number of anilines is 1. The van der Waals surface area contributed by atoms with Crippen LogP contribution in [0.25, 0.3) is 0 Å². The Morgan fingerprint density at radius 1 is 0.906 bits per heavy atom. The summed E-state index contributed by atoms with van der Waals surface area (Å²) < 4.78 is 1.96. The zero-order valence-corrected chi connectivity index (χ0v) is 19.4. The van der Waals surface area contributed by atoms with Crippen molar-refractivity contribution in [1.29, 1.82) is 0 Å². The molecule has 0 amide bonds. The lowest BCUT2D eigenvalue weighted by Crippen LogP contribution is -2.48. The maximum absolute atomic E-state index is 4.50. The largest absolute Gasteiger partial charge is 0.369 e. The van der Waals surface area contributed by atoms with Gasteiger partial charge in [0, 0.05) is 36.7 Å². The SMILES string of the molecule is Cc1cccc(N2CCN([C@@H](c3cccs3)c3nnnn3Cc3ccccc3)CC2)c1C. The fraction of sp³-hybridized carbons (Fsp3) is 0.320. The minimum absolute atomic E-state index is 0.0643. The van der Waals surface area contributed by atoms with Gasteiger partial charge in [-0.1, -0.05) is 48.5 Å². The second-order valence-corrected chi connectivity index (χ2v) is 9.32. The van der Waals surface area contributed by atoms with E-state index in [-0.39, 0.29) is 6.04 Å². The van der Waals surface area contributed by atoms with Crippen LogP contribution in [-0.4, -0.2) is 51.3 Å². The van der Waals surface area contributed by atoms with E-state index in [0.717, 1.165) is 32.0 Å². The Labute approximate surface area is 193 Å². The monoisotopic (exact) mass is 444 g/mol. The summed E-state index contributed by atoms with van der Waals surface area (Å²) in [6, 6.07) is 21.4. The van der Waals surface area contributed by atoms with Crippen molar-refractivity contribution in [3.8, 4) is 0 Å². The molecule has 0 aliphatic carbocycles. The highest BCUT2D eigenvalue weighted by molar-refractivity contribution is 7.10. The van der Waals surface area contributed by atoms with Crippen LogP contribution >= 0.6 is 11.3 Å². The predicted molar refractivity (Wildman–Crippen MR) is 129 cm³/mol. The zero-order chi connectivity index (χ0) is 21.9. The maximum Gasteiger partial charge on any atom is 0.174 e. The standard InChI is InChI=1S/C25H28N6S/c1-19-8-6-11-22(20(19)2)29-13-15-30(16-14-29)24(23-12-7-17-32-23)25-26-27-28-31(25)18-21-9-4-3-5-10-21/h3-12,17,24H,13-16,18H2,1-2H3/t24-/m0/s1. The first-order valence-electron chi connectivity index (χ1n) is 11.1. The van der Waals surface area contributed by atoms with Gasteiger partial charge in [0.25, 0.3) is 0 Å². The Morgan fingerprint density at radius 3 is 2.47 bits per heavy atom. The molecule has 1 atom stereocenters. The van der Waals surface area contributed by atoms with Gasteiger partial charge in [-0.05, 0) is 58.5 Å². The van der Waals surface area contributed by atoms with Crippen LogP contribution in [0.1, 0.15) is 33.4 Å². The summed E-state index contributed by atoms with van der Waals surface area (Å²) in [4.78, 5) is 6.33. The molecule has 0 radical (unpaired) electrons. The molecule has 0 spiro atoms. The fourth-order valence-corrected chi connectivity index (χ4v) is 5.35. The molecule has 32 heavy (non-hydrogen) atoms. The summed E-state index contributed by atoms with van der Waals surface area (Å²) in [6.07, 6.45) is 0. The van der Waals surface area contributed by atoms with Crippen molar-refractivity contribution < 1.29 is 0 Å². The molecule has 5 rings (SSSR count). The lowest BCUT2D eigenvalue weighted by molar-refractivity contribution is 0.203. The Kier molecular flexibility index (Phi) is 6.01. The van der Waals surface area contributed by atoms with Crippen molar-refractivity contribution in [2.75, 3.05) is 31.1 Å². The highest BCUT2D eigenvalue weighted by Crippen LogP contribution is 2.32. The number of tetrazole rings is 1. The number of nitrogens with zero attached hydrogens (tertiary/aromatic N) is 6. The number of aromatic nitrogens is 4. The highest BCUT2D eigenvalue weighted by atomic mass is 32.1. The van der Waals surface area contributed by atoms with Crippen LogP contribution in [0.15, 0.2) is 66.0 Å². The number of hydrogen-bond acceptors (Lipinski definition) is 6. The van der Waals surface area contributed by atoms with E-state index in [4.69, 9.17) is 0 Å². The first-order chi connectivity index (χ1) is 15.7. The van der Waals surface area contributed by atoms with Crippen molar-refractivity contribution in [3.63, 3.8) is 0 Å². The summed E-state index contributed by atoms with van der Waals surface area (Å²) in [5, 5.41) is 15.0. The first-order valence-corrected chi connectivity index (χ1v) is 12.0. The molecule has 2 aromatic carbocycles. The van der Waals surface area contributed by atoms with Gasteiger partial charge in [0.2, 0.25) is 0 Å². The lowest BCUT2D eigenvalue weighted by atomic mass is 10.1. The van der Waals surface area contributed by atoms with Gasteiger partial charge in [-0.15, -0.1) is 16.4 Å². The van der Waals surface area contributed by atoms with Crippen LogP contribution in [-0.2, 0) is 6.54 Å². The molecule has 6 nitrogen and oxygen atoms in total. The average molecular weight is 445 g/mol. The van der Waals surface area contributed by atoms with Gasteiger partial charge in [0.1, 0.15) is 6.04 Å². The van der Waals surface area contributed by atoms with Gasteiger partial charge < -0.3 is 4.90 Å². The van der Waals surface area contributed by atoms with Crippen molar-refractivity contribution in [2.45, 2.75) is 26.4 Å². The number of hydrogen-bond donors (Lipinski definition) is 0. The molecule has 1 saturated heterocycles. The minimum Gasteiger partial charge on any atom is -0.369 e. The Morgan fingerprint density at radius 2 is 1.72 bits per heavy atom. The van der Waals surface area contributed by atoms with E-state index in [1.165, 1.54) is 27.3 Å². The lowest BCUT2D eigenvalue weighted by Gasteiger charge is -2.40. The maximum atomic E-state index is 4.50. The van der Waals surface area contributed by atoms with Crippen LogP contribution in [0.4, 0.5) is 5.69 Å². The molecule has 1 aliphatic rings. The van der Waals surface area contributed by atoms with Gasteiger partial charge in [0.15, 0.2) is 5.82 Å². The summed E-state index contributed by atoms with van der Waals surface area (Å²) in [5.41, 5.74) is 5.28. The van der Waals surface area contributed by atoms with Gasteiger partial charge in [-0.2, -0.15) is 0 Å². The van der Waals surface area contributed by atoms with Crippen LogP contribution < -0.4 is 4.90 Å². The number of rotatable bonds is 6. The van der Waals surface area contributed by atoms with E-state index >= 15 is 0 Å². The molecule has 4 aromatic rings. The van der Waals surface area contributed by atoms with Gasteiger partial charge >= 0.3 is 0 Å². The molecule has 3 heterocycles. The van der Waals surface area contributed by atoms with Crippen molar-refractivity contribution in [1.82, 2.24) is 25.1 Å². The fourth-order valence-electron chi connectivity index (χ4n) is 4.49. The van der Waals surface area contributed by atoms with E-state index in [1.54, 1.807) is 11.3 Å². The molecular formula is C25H28N6S. The zero-order valence-electron chi connectivity index (χ0n) is 18.6. The Bertz CT molecular complexity index is 1150. The van der Waals surface area contributed by atoms with Crippen LogP contribution in [0.3, 0.4) is 0 Å². The average Bonchev–Trinajstić information content (AvgIpc) is 3.51. The van der Waals surface area contributed by atoms with E-state index in [0.29, 0.717) is 6.54 Å². The van der Waals surface area contributed by atoms with E-state index in [1.807, 2.05) is 10.7 Å². The van der Waals surface area contributed by atoms with Gasteiger partial charge in [0.05, 0.1) is 6.54 Å². The Balaban J connectivity index is 1.39. The molecule has 2 aromatic heterocycles. The van der Waals surface area contributed by atoms with Crippen molar-refractivity contribution in [2.24, 2.45) is 0 Å².